The predicted octanol–water partition coefficient (Wildman–Crippen LogP) is 2.86. The summed E-state index contributed by atoms with van der Waals surface area (Å²) in [5, 5.41) is 3.01. The second-order valence-corrected chi connectivity index (χ2v) is 6.67. The molecule has 21 heavy (non-hydrogen) atoms. The fraction of sp³-hybridized carbons (Fsp3) is 0.231. The lowest BCUT2D eigenvalue weighted by atomic mass is 10.4. The lowest BCUT2D eigenvalue weighted by Crippen LogP contribution is -2.18. The van der Waals surface area contributed by atoms with E-state index in [0.29, 0.717) is 16.7 Å². The molecule has 0 saturated heterocycles. The van der Waals surface area contributed by atoms with Gasteiger partial charge in [0.25, 0.3) is 10.0 Å². The summed E-state index contributed by atoms with van der Waals surface area (Å²) in [4.78, 5) is 7.97. The van der Waals surface area contributed by atoms with Gasteiger partial charge in [0.15, 0.2) is 10.8 Å². The van der Waals surface area contributed by atoms with Crippen LogP contribution < -0.4 is 10.0 Å². The predicted molar refractivity (Wildman–Crippen MR) is 85.8 cm³/mol. The molecule has 2 heterocycles. The first kappa shape index (κ1) is 15.7. The van der Waals surface area contributed by atoms with Gasteiger partial charge < -0.3 is 5.32 Å². The van der Waals surface area contributed by atoms with Crippen LogP contribution in [0.5, 0.6) is 0 Å². The maximum absolute atomic E-state index is 12.5. The minimum Gasteiger partial charge on any atom is -0.383 e. The van der Waals surface area contributed by atoms with Gasteiger partial charge in [-0.25, -0.2) is 9.97 Å². The standard InChI is InChI=1S/C13H15BrN4O2S/c1-2-7-15-11-6-4-9-17-13(11)21(19,20)18-12-10(14)5-3-8-16-12/h3-6,8-9,15H,2,7H2,1H3,(H,16,18). The molecule has 112 valence electrons. The zero-order valence-electron chi connectivity index (χ0n) is 11.4. The van der Waals surface area contributed by atoms with Crippen molar-refractivity contribution < 1.29 is 8.42 Å². The fourth-order valence-corrected chi connectivity index (χ4v) is 3.26. The molecule has 8 heteroatoms. The van der Waals surface area contributed by atoms with E-state index in [4.69, 9.17) is 0 Å². The number of hydrogen-bond acceptors (Lipinski definition) is 5. The largest absolute Gasteiger partial charge is 0.383 e. The number of rotatable bonds is 6. The summed E-state index contributed by atoms with van der Waals surface area (Å²) in [7, 11) is -3.81. The molecule has 0 amide bonds. The summed E-state index contributed by atoms with van der Waals surface area (Å²) in [5.74, 6) is 0.226. The summed E-state index contributed by atoms with van der Waals surface area (Å²) in [5.41, 5.74) is 0.471. The Morgan fingerprint density at radius 1 is 1.19 bits per heavy atom. The maximum atomic E-state index is 12.5. The van der Waals surface area contributed by atoms with Gasteiger partial charge in [-0.05, 0) is 46.6 Å². The lowest BCUT2D eigenvalue weighted by Gasteiger charge is -2.12. The molecule has 2 aromatic rings. The number of halogens is 1. The van der Waals surface area contributed by atoms with Crippen molar-refractivity contribution in [2.75, 3.05) is 16.6 Å². The molecule has 0 aromatic carbocycles. The molecular formula is C13H15BrN4O2S. The van der Waals surface area contributed by atoms with Crippen molar-refractivity contribution in [2.24, 2.45) is 0 Å². The molecule has 2 rings (SSSR count). The minimum absolute atomic E-state index is 0.0454. The summed E-state index contributed by atoms with van der Waals surface area (Å²) in [6.45, 7) is 2.67. The van der Waals surface area contributed by atoms with Crippen molar-refractivity contribution in [1.29, 1.82) is 0 Å². The van der Waals surface area contributed by atoms with Crippen LogP contribution in [-0.2, 0) is 10.0 Å². The lowest BCUT2D eigenvalue weighted by molar-refractivity contribution is 0.597. The molecule has 0 saturated carbocycles. The molecule has 0 aliphatic carbocycles. The van der Waals surface area contributed by atoms with Gasteiger partial charge in [0.1, 0.15) is 0 Å². The Balaban J connectivity index is 2.34. The van der Waals surface area contributed by atoms with E-state index in [1.807, 2.05) is 6.92 Å². The smallest absolute Gasteiger partial charge is 0.282 e. The zero-order chi connectivity index (χ0) is 15.3. The topological polar surface area (TPSA) is 84.0 Å². The van der Waals surface area contributed by atoms with E-state index in [0.717, 1.165) is 6.42 Å². The van der Waals surface area contributed by atoms with E-state index >= 15 is 0 Å². The van der Waals surface area contributed by atoms with Crippen LogP contribution in [0.3, 0.4) is 0 Å². The Hall–Kier alpha value is -1.67. The van der Waals surface area contributed by atoms with Gasteiger partial charge in [0, 0.05) is 18.9 Å². The van der Waals surface area contributed by atoms with Crippen molar-refractivity contribution >= 4 is 37.5 Å². The van der Waals surface area contributed by atoms with Gasteiger partial charge in [-0.2, -0.15) is 8.42 Å². The first-order valence-corrected chi connectivity index (χ1v) is 8.64. The van der Waals surface area contributed by atoms with Crippen LogP contribution in [0.4, 0.5) is 11.5 Å². The number of pyridine rings is 2. The third-order valence-corrected chi connectivity index (χ3v) is 4.52. The van der Waals surface area contributed by atoms with Crippen molar-refractivity contribution in [1.82, 2.24) is 9.97 Å². The van der Waals surface area contributed by atoms with Gasteiger partial charge in [-0.3, -0.25) is 4.72 Å². The molecular weight excluding hydrogens is 356 g/mol. The number of nitrogens with one attached hydrogen (secondary N) is 2. The Bertz CT molecular complexity index is 722. The van der Waals surface area contributed by atoms with E-state index in [2.05, 4.69) is 35.9 Å². The van der Waals surface area contributed by atoms with Crippen LogP contribution in [0.15, 0.2) is 46.2 Å². The van der Waals surface area contributed by atoms with Crippen molar-refractivity contribution in [2.45, 2.75) is 18.4 Å². The number of anilines is 2. The highest BCUT2D eigenvalue weighted by atomic mass is 79.9. The average Bonchev–Trinajstić information content (AvgIpc) is 2.47. The SMILES string of the molecule is CCCNc1cccnc1S(=O)(=O)Nc1ncccc1Br. The first-order valence-electron chi connectivity index (χ1n) is 6.37. The molecule has 6 nitrogen and oxygen atoms in total. The summed E-state index contributed by atoms with van der Waals surface area (Å²) >= 11 is 3.26. The monoisotopic (exact) mass is 370 g/mol. The molecule has 0 radical (unpaired) electrons. The molecule has 0 aliphatic rings. The Kier molecular flexibility index (Phi) is 5.13. The van der Waals surface area contributed by atoms with Crippen LogP contribution in [0.2, 0.25) is 0 Å². The maximum Gasteiger partial charge on any atom is 0.282 e. The number of aromatic nitrogens is 2. The average molecular weight is 371 g/mol. The van der Waals surface area contributed by atoms with E-state index in [-0.39, 0.29) is 10.8 Å². The normalized spacial score (nSPS) is 11.1. The molecule has 0 spiro atoms. The minimum atomic E-state index is -3.81. The van der Waals surface area contributed by atoms with Crippen LogP contribution in [0.25, 0.3) is 0 Å². The highest BCUT2D eigenvalue weighted by molar-refractivity contribution is 9.10. The second kappa shape index (κ2) is 6.86. The van der Waals surface area contributed by atoms with Gasteiger partial charge in [0.2, 0.25) is 0 Å². The molecule has 0 aliphatic heterocycles. The van der Waals surface area contributed by atoms with Gasteiger partial charge in [-0.1, -0.05) is 6.92 Å². The summed E-state index contributed by atoms with van der Waals surface area (Å²) in [6, 6.07) is 6.79. The molecule has 2 N–H and O–H groups in total. The Morgan fingerprint density at radius 2 is 1.90 bits per heavy atom. The highest BCUT2D eigenvalue weighted by Gasteiger charge is 2.21. The van der Waals surface area contributed by atoms with Crippen LogP contribution in [0.1, 0.15) is 13.3 Å². The highest BCUT2D eigenvalue weighted by Crippen LogP contribution is 2.24. The van der Waals surface area contributed by atoms with Crippen molar-refractivity contribution in [3.8, 4) is 0 Å². The molecule has 0 atom stereocenters. The third-order valence-electron chi connectivity index (χ3n) is 2.58. The zero-order valence-corrected chi connectivity index (χ0v) is 13.8. The number of hydrogen-bond donors (Lipinski definition) is 2. The van der Waals surface area contributed by atoms with E-state index in [1.165, 1.54) is 12.4 Å². The fourth-order valence-electron chi connectivity index (χ4n) is 1.64. The molecule has 2 aromatic heterocycles. The quantitative estimate of drug-likeness (QED) is 0.816. The molecule has 0 bridgehead atoms. The van der Waals surface area contributed by atoms with Gasteiger partial charge in [-0.15, -0.1) is 0 Å². The van der Waals surface area contributed by atoms with Gasteiger partial charge >= 0.3 is 0 Å². The van der Waals surface area contributed by atoms with E-state index in [1.54, 1.807) is 24.3 Å². The Morgan fingerprint density at radius 3 is 2.62 bits per heavy atom. The summed E-state index contributed by atoms with van der Waals surface area (Å²) in [6.07, 6.45) is 3.84. The number of nitrogens with zero attached hydrogens (tertiary/aromatic N) is 2. The van der Waals surface area contributed by atoms with Crippen molar-refractivity contribution in [3.05, 3.63) is 41.1 Å². The van der Waals surface area contributed by atoms with Crippen LogP contribution in [0, 0.1) is 0 Å². The van der Waals surface area contributed by atoms with E-state index < -0.39 is 10.0 Å². The van der Waals surface area contributed by atoms with E-state index in [9.17, 15) is 8.42 Å². The molecule has 0 unspecified atom stereocenters. The third kappa shape index (κ3) is 3.92. The van der Waals surface area contributed by atoms with Crippen molar-refractivity contribution in [3.63, 3.8) is 0 Å². The Labute approximate surface area is 132 Å². The second-order valence-electron chi connectivity index (χ2n) is 4.22. The van der Waals surface area contributed by atoms with Crippen LogP contribution in [-0.4, -0.2) is 24.9 Å². The summed E-state index contributed by atoms with van der Waals surface area (Å²) < 4.78 is 27.9. The molecule has 0 fully saturated rings. The van der Waals surface area contributed by atoms with Gasteiger partial charge in [0.05, 0.1) is 10.2 Å². The number of sulfonamides is 1. The van der Waals surface area contributed by atoms with Crippen LogP contribution >= 0.6 is 15.9 Å². The first-order chi connectivity index (χ1) is 10.0.